The normalized spacial score (nSPS) is 12.4. The second-order valence-corrected chi connectivity index (χ2v) is 7.09. The molecule has 24 heavy (non-hydrogen) atoms. The van der Waals surface area contributed by atoms with Gasteiger partial charge >= 0.3 is 0 Å². The van der Waals surface area contributed by atoms with Crippen LogP contribution in [0.4, 0.5) is 0 Å². The summed E-state index contributed by atoms with van der Waals surface area (Å²) >= 11 is 7.53. The molecule has 5 heteroatoms. The predicted molar refractivity (Wildman–Crippen MR) is 98.6 cm³/mol. The Hall–Kier alpha value is -1.88. The zero-order valence-corrected chi connectivity index (χ0v) is 15.2. The van der Waals surface area contributed by atoms with Crippen LogP contribution in [0.25, 0.3) is 10.1 Å². The molecular formula is C19H17ClO3S. The minimum Gasteiger partial charge on any atom is -0.496 e. The van der Waals surface area contributed by atoms with Gasteiger partial charge in [-0.1, -0.05) is 11.6 Å². The van der Waals surface area contributed by atoms with Crippen molar-refractivity contribution in [1.82, 2.24) is 0 Å². The van der Waals surface area contributed by atoms with E-state index < -0.39 is 6.10 Å². The van der Waals surface area contributed by atoms with Crippen LogP contribution in [0.2, 0.25) is 5.02 Å². The van der Waals surface area contributed by atoms with Gasteiger partial charge in [0.25, 0.3) is 0 Å². The van der Waals surface area contributed by atoms with Crippen LogP contribution >= 0.6 is 22.9 Å². The number of aliphatic hydroxyl groups is 1. The van der Waals surface area contributed by atoms with E-state index in [-0.39, 0.29) is 5.78 Å². The number of benzene rings is 2. The van der Waals surface area contributed by atoms with E-state index in [1.165, 1.54) is 11.3 Å². The van der Waals surface area contributed by atoms with Gasteiger partial charge in [-0.05, 0) is 60.7 Å². The number of halogens is 1. The van der Waals surface area contributed by atoms with Crippen molar-refractivity contribution in [3.63, 3.8) is 0 Å². The zero-order chi connectivity index (χ0) is 17.4. The maximum absolute atomic E-state index is 12.8. The molecule has 0 aliphatic carbocycles. The van der Waals surface area contributed by atoms with Gasteiger partial charge in [0.05, 0.1) is 7.11 Å². The molecule has 0 spiro atoms. The van der Waals surface area contributed by atoms with Crippen LogP contribution in [-0.4, -0.2) is 18.0 Å². The minimum atomic E-state index is -1.22. The van der Waals surface area contributed by atoms with Crippen molar-refractivity contribution in [2.45, 2.75) is 20.0 Å². The SMILES string of the molecule is COc1c(C)cc(C(=O)C(O)c2csc3ccc(Cl)cc23)cc1C. The highest BCUT2D eigenvalue weighted by molar-refractivity contribution is 7.17. The average Bonchev–Trinajstić information content (AvgIpc) is 2.96. The molecule has 3 rings (SSSR count). The number of carbonyl (C=O) groups excluding carboxylic acids is 1. The molecule has 0 fully saturated rings. The molecule has 1 heterocycles. The summed E-state index contributed by atoms with van der Waals surface area (Å²) in [4.78, 5) is 12.8. The summed E-state index contributed by atoms with van der Waals surface area (Å²) < 4.78 is 6.32. The number of Topliss-reactive ketones (excluding diaryl/α,β-unsaturated/α-hetero) is 1. The van der Waals surface area contributed by atoms with E-state index in [1.807, 2.05) is 25.3 Å². The molecule has 1 aromatic heterocycles. The first-order valence-corrected chi connectivity index (χ1v) is 8.72. The molecule has 0 aliphatic heterocycles. The molecule has 0 saturated heterocycles. The molecule has 1 unspecified atom stereocenters. The van der Waals surface area contributed by atoms with Gasteiger partial charge in [0.1, 0.15) is 11.9 Å². The highest BCUT2D eigenvalue weighted by atomic mass is 35.5. The van der Waals surface area contributed by atoms with Crippen molar-refractivity contribution in [2.75, 3.05) is 7.11 Å². The molecule has 1 N–H and O–H groups in total. The molecule has 3 nitrogen and oxygen atoms in total. The molecule has 0 amide bonds. The van der Waals surface area contributed by atoms with Crippen LogP contribution in [0.1, 0.15) is 33.2 Å². The molecule has 124 valence electrons. The number of ether oxygens (including phenoxy) is 1. The Bertz CT molecular complexity index is 907. The second-order valence-electron chi connectivity index (χ2n) is 5.74. The van der Waals surface area contributed by atoms with E-state index in [0.29, 0.717) is 16.1 Å². The van der Waals surface area contributed by atoms with Crippen LogP contribution < -0.4 is 4.74 Å². The Labute approximate surface area is 149 Å². The fourth-order valence-electron chi connectivity index (χ4n) is 2.95. The lowest BCUT2D eigenvalue weighted by Crippen LogP contribution is -2.12. The van der Waals surface area contributed by atoms with Crippen molar-refractivity contribution in [3.8, 4) is 5.75 Å². The summed E-state index contributed by atoms with van der Waals surface area (Å²) in [5.41, 5.74) is 2.80. The number of aryl methyl sites for hydroxylation is 2. The lowest BCUT2D eigenvalue weighted by Gasteiger charge is -2.13. The van der Waals surface area contributed by atoms with E-state index >= 15 is 0 Å². The van der Waals surface area contributed by atoms with Gasteiger partial charge < -0.3 is 9.84 Å². The van der Waals surface area contributed by atoms with Crippen molar-refractivity contribution in [1.29, 1.82) is 0 Å². The Morgan fingerprint density at radius 2 is 1.88 bits per heavy atom. The maximum atomic E-state index is 12.8. The first-order chi connectivity index (χ1) is 11.4. The molecule has 0 saturated carbocycles. The third-order valence-corrected chi connectivity index (χ3v) is 5.27. The van der Waals surface area contributed by atoms with Crippen LogP contribution in [0.3, 0.4) is 0 Å². The third kappa shape index (κ3) is 2.93. The summed E-state index contributed by atoms with van der Waals surface area (Å²) in [5, 5.41) is 13.8. The molecule has 2 aromatic carbocycles. The smallest absolute Gasteiger partial charge is 0.195 e. The largest absolute Gasteiger partial charge is 0.496 e. The number of aliphatic hydroxyl groups excluding tert-OH is 1. The standard InChI is InChI=1S/C19H17ClO3S/c1-10-6-12(7-11(2)19(10)23-3)17(21)18(22)15-9-24-16-5-4-13(20)8-14(15)16/h4-9,18,22H,1-3H3. The first-order valence-electron chi connectivity index (χ1n) is 7.46. The van der Waals surface area contributed by atoms with E-state index in [1.54, 1.807) is 31.4 Å². The molecule has 0 aliphatic rings. The number of thiophene rings is 1. The maximum Gasteiger partial charge on any atom is 0.195 e. The van der Waals surface area contributed by atoms with E-state index in [0.717, 1.165) is 27.0 Å². The van der Waals surface area contributed by atoms with Gasteiger partial charge in [-0.15, -0.1) is 11.3 Å². The number of hydrogen-bond donors (Lipinski definition) is 1. The number of carbonyl (C=O) groups is 1. The Morgan fingerprint density at radius 3 is 2.50 bits per heavy atom. The van der Waals surface area contributed by atoms with Crippen molar-refractivity contribution in [3.05, 3.63) is 63.0 Å². The second kappa shape index (κ2) is 6.55. The van der Waals surface area contributed by atoms with Gasteiger partial charge in [-0.3, -0.25) is 4.79 Å². The summed E-state index contributed by atoms with van der Waals surface area (Å²) in [7, 11) is 1.60. The summed E-state index contributed by atoms with van der Waals surface area (Å²) in [6.07, 6.45) is -1.22. The molecule has 1 atom stereocenters. The van der Waals surface area contributed by atoms with Crippen molar-refractivity contribution >= 4 is 38.8 Å². The lowest BCUT2D eigenvalue weighted by molar-refractivity contribution is 0.0750. The number of hydrogen-bond acceptors (Lipinski definition) is 4. The highest BCUT2D eigenvalue weighted by Gasteiger charge is 2.23. The lowest BCUT2D eigenvalue weighted by atomic mass is 9.96. The van der Waals surface area contributed by atoms with Crippen LogP contribution in [-0.2, 0) is 0 Å². The van der Waals surface area contributed by atoms with E-state index in [9.17, 15) is 9.90 Å². The molecule has 3 aromatic rings. The van der Waals surface area contributed by atoms with Gasteiger partial charge in [0, 0.05) is 26.2 Å². The number of rotatable bonds is 4. The van der Waals surface area contributed by atoms with Crippen LogP contribution in [0.5, 0.6) is 5.75 Å². The fourth-order valence-corrected chi connectivity index (χ4v) is 4.08. The average molecular weight is 361 g/mol. The van der Waals surface area contributed by atoms with Gasteiger partial charge in [-0.2, -0.15) is 0 Å². The van der Waals surface area contributed by atoms with Crippen LogP contribution in [0.15, 0.2) is 35.7 Å². The topological polar surface area (TPSA) is 46.5 Å². The monoisotopic (exact) mass is 360 g/mol. The third-order valence-electron chi connectivity index (χ3n) is 4.06. The number of methoxy groups -OCH3 is 1. The predicted octanol–water partition coefficient (Wildman–Crippen LogP) is 5.10. The summed E-state index contributed by atoms with van der Waals surface area (Å²) in [6, 6.07) is 8.97. The quantitative estimate of drug-likeness (QED) is 0.658. The van der Waals surface area contributed by atoms with E-state index in [2.05, 4.69) is 0 Å². The highest BCUT2D eigenvalue weighted by Crippen LogP contribution is 2.34. The van der Waals surface area contributed by atoms with E-state index in [4.69, 9.17) is 16.3 Å². The van der Waals surface area contributed by atoms with Crippen molar-refractivity contribution < 1.29 is 14.6 Å². The number of ketones is 1. The molecular weight excluding hydrogens is 344 g/mol. The summed E-state index contributed by atoms with van der Waals surface area (Å²) in [6.45, 7) is 3.77. The van der Waals surface area contributed by atoms with Gasteiger partial charge in [-0.25, -0.2) is 0 Å². The molecule has 0 bridgehead atoms. The molecule has 0 radical (unpaired) electrons. The Balaban J connectivity index is 2.01. The summed E-state index contributed by atoms with van der Waals surface area (Å²) in [5.74, 6) is 0.428. The fraction of sp³-hybridized carbons (Fsp3) is 0.211. The zero-order valence-electron chi connectivity index (χ0n) is 13.6. The minimum absolute atomic E-state index is 0.330. The number of fused-ring (bicyclic) bond motifs is 1. The van der Waals surface area contributed by atoms with Crippen molar-refractivity contribution in [2.24, 2.45) is 0 Å². The van der Waals surface area contributed by atoms with Crippen LogP contribution in [0, 0.1) is 13.8 Å². The first kappa shape index (κ1) is 17.0. The van der Waals surface area contributed by atoms with Gasteiger partial charge in [0.15, 0.2) is 5.78 Å². The Morgan fingerprint density at radius 1 is 1.21 bits per heavy atom. The van der Waals surface area contributed by atoms with Gasteiger partial charge in [0.2, 0.25) is 0 Å². The Kier molecular flexibility index (Phi) is 4.63.